The summed E-state index contributed by atoms with van der Waals surface area (Å²) in [6.07, 6.45) is -0.374. The Kier molecular flexibility index (Phi) is 5.34. The Bertz CT molecular complexity index is 770. The predicted molar refractivity (Wildman–Crippen MR) is 89.6 cm³/mol. The quantitative estimate of drug-likeness (QED) is 0.801. The Morgan fingerprint density at radius 3 is 2.81 bits per heavy atom. The summed E-state index contributed by atoms with van der Waals surface area (Å²) >= 11 is 0. The number of aryl methyl sites for hydroxylation is 2. The van der Waals surface area contributed by atoms with E-state index in [1.165, 1.54) is 18.5 Å². The Morgan fingerprint density at radius 1 is 1.35 bits per heavy atom. The maximum absolute atomic E-state index is 13.1. The minimum Gasteiger partial charge on any atom is -0.438 e. The van der Waals surface area contributed by atoms with Crippen molar-refractivity contribution in [3.63, 3.8) is 0 Å². The van der Waals surface area contributed by atoms with Gasteiger partial charge >= 0.3 is 6.18 Å². The molecular formula is C19H21F3N2O2. The van der Waals surface area contributed by atoms with Crippen LogP contribution in [0.25, 0.3) is 0 Å². The molecule has 1 aliphatic rings. The van der Waals surface area contributed by atoms with Crippen LogP contribution in [0.4, 0.5) is 13.2 Å². The maximum Gasteiger partial charge on any atom is 0.416 e. The lowest BCUT2D eigenvalue weighted by Crippen LogP contribution is -2.40. The zero-order valence-electron chi connectivity index (χ0n) is 14.6. The summed E-state index contributed by atoms with van der Waals surface area (Å²) in [5.74, 6) is 0.227. The van der Waals surface area contributed by atoms with Crippen molar-refractivity contribution in [2.24, 2.45) is 5.92 Å². The summed E-state index contributed by atoms with van der Waals surface area (Å²) < 4.78 is 44.5. The van der Waals surface area contributed by atoms with Crippen LogP contribution in [0, 0.1) is 12.8 Å². The number of rotatable bonds is 4. The molecule has 1 atom stereocenters. The van der Waals surface area contributed by atoms with E-state index in [1.807, 2.05) is 0 Å². The minimum atomic E-state index is -4.34. The molecule has 2 aromatic rings. The second kappa shape index (κ2) is 7.51. The molecule has 1 saturated heterocycles. The Labute approximate surface area is 150 Å². The zero-order chi connectivity index (χ0) is 18.7. The van der Waals surface area contributed by atoms with Crippen molar-refractivity contribution in [3.05, 3.63) is 53.2 Å². The molecule has 3 rings (SSSR count). The number of amides is 1. The lowest BCUT2D eigenvalue weighted by atomic mass is 9.90. The number of halogens is 3. The number of piperidine rings is 1. The lowest BCUT2D eigenvalue weighted by Gasteiger charge is -2.32. The molecule has 0 N–H and O–H groups in total. The molecule has 0 aliphatic carbocycles. The molecule has 4 nitrogen and oxygen atoms in total. The van der Waals surface area contributed by atoms with Gasteiger partial charge in [-0.25, -0.2) is 4.98 Å². The van der Waals surface area contributed by atoms with Gasteiger partial charge in [0, 0.05) is 13.1 Å². The van der Waals surface area contributed by atoms with Crippen molar-refractivity contribution in [3.8, 4) is 0 Å². The first-order valence-electron chi connectivity index (χ1n) is 8.70. The van der Waals surface area contributed by atoms with Crippen LogP contribution in [-0.2, 0) is 12.6 Å². The van der Waals surface area contributed by atoms with Crippen LogP contribution in [0.5, 0.6) is 0 Å². The second-order valence-electron chi connectivity index (χ2n) is 6.72. The SMILES string of the molecule is Cc1ncoc1C(=O)N1CCCC(CCc2ccccc2C(F)(F)F)C1. The van der Waals surface area contributed by atoms with Crippen molar-refractivity contribution in [1.29, 1.82) is 0 Å². The van der Waals surface area contributed by atoms with Crippen LogP contribution >= 0.6 is 0 Å². The van der Waals surface area contributed by atoms with Crippen LogP contribution in [0.1, 0.15) is 46.6 Å². The Morgan fingerprint density at radius 2 is 2.12 bits per heavy atom. The number of aromatic nitrogens is 1. The Hall–Kier alpha value is -2.31. The fourth-order valence-electron chi connectivity index (χ4n) is 3.51. The maximum atomic E-state index is 13.1. The van der Waals surface area contributed by atoms with Crippen LogP contribution in [0.2, 0.25) is 0 Å². The summed E-state index contributed by atoms with van der Waals surface area (Å²) in [5.41, 5.74) is 0.298. The molecule has 1 aromatic carbocycles. The molecule has 0 spiro atoms. The van der Waals surface area contributed by atoms with Crippen molar-refractivity contribution in [2.75, 3.05) is 13.1 Å². The van der Waals surface area contributed by atoms with E-state index in [4.69, 9.17) is 4.42 Å². The molecule has 2 heterocycles. The van der Waals surface area contributed by atoms with Gasteiger partial charge in [-0.15, -0.1) is 0 Å². The molecule has 0 saturated carbocycles. The van der Waals surface area contributed by atoms with Gasteiger partial charge in [-0.2, -0.15) is 13.2 Å². The summed E-state index contributed by atoms with van der Waals surface area (Å²) in [6, 6.07) is 5.70. The summed E-state index contributed by atoms with van der Waals surface area (Å²) in [5, 5.41) is 0. The van der Waals surface area contributed by atoms with Gasteiger partial charge in [0.05, 0.1) is 11.3 Å². The van der Waals surface area contributed by atoms with Crippen LogP contribution in [0.15, 0.2) is 35.1 Å². The van der Waals surface area contributed by atoms with Crippen molar-refractivity contribution >= 4 is 5.91 Å². The molecule has 26 heavy (non-hydrogen) atoms. The van der Waals surface area contributed by atoms with Gasteiger partial charge in [-0.1, -0.05) is 18.2 Å². The number of oxazole rings is 1. The van der Waals surface area contributed by atoms with E-state index in [9.17, 15) is 18.0 Å². The number of hydrogen-bond acceptors (Lipinski definition) is 3. The standard InChI is InChI=1S/C19H21F3N2O2/c1-13-17(26-12-23-13)18(25)24-10-4-5-14(11-24)8-9-15-6-2-3-7-16(15)19(20,21)22/h2-3,6-7,12,14H,4-5,8-11H2,1H3. The number of carbonyl (C=O) groups excluding carboxylic acids is 1. The minimum absolute atomic E-state index is 0.178. The first-order valence-corrected chi connectivity index (χ1v) is 8.70. The highest BCUT2D eigenvalue weighted by atomic mass is 19.4. The normalized spacial score (nSPS) is 18.2. The first kappa shape index (κ1) is 18.5. The lowest BCUT2D eigenvalue weighted by molar-refractivity contribution is -0.138. The molecule has 1 amide bonds. The average Bonchev–Trinajstić information content (AvgIpc) is 3.05. The molecule has 7 heteroatoms. The molecule has 1 aliphatic heterocycles. The molecular weight excluding hydrogens is 345 g/mol. The smallest absolute Gasteiger partial charge is 0.416 e. The summed E-state index contributed by atoms with van der Waals surface area (Å²) in [7, 11) is 0. The summed E-state index contributed by atoms with van der Waals surface area (Å²) in [4.78, 5) is 18.2. The highest BCUT2D eigenvalue weighted by molar-refractivity contribution is 5.92. The van der Waals surface area contributed by atoms with Gasteiger partial charge in [0.15, 0.2) is 6.39 Å². The van der Waals surface area contributed by atoms with Gasteiger partial charge in [0.25, 0.3) is 5.91 Å². The number of alkyl halides is 3. The topological polar surface area (TPSA) is 46.3 Å². The van der Waals surface area contributed by atoms with E-state index in [0.717, 1.165) is 18.9 Å². The number of benzene rings is 1. The average molecular weight is 366 g/mol. The zero-order valence-corrected chi connectivity index (χ0v) is 14.6. The van der Waals surface area contributed by atoms with Crippen LogP contribution < -0.4 is 0 Å². The van der Waals surface area contributed by atoms with E-state index >= 15 is 0 Å². The van der Waals surface area contributed by atoms with Gasteiger partial charge in [-0.3, -0.25) is 4.79 Å². The molecule has 1 aromatic heterocycles. The first-order chi connectivity index (χ1) is 12.4. The fourth-order valence-corrected chi connectivity index (χ4v) is 3.51. The number of nitrogens with zero attached hydrogens (tertiary/aromatic N) is 2. The third kappa shape index (κ3) is 4.08. The van der Waals surface area contributed by atoms with E-state index in [2.05, 4.69) is 4.98 Å². The van der Waals surface area contributed by atoms with Gasteiger partial charge < -0.3 is 9.32 Å². The largest absolute Gasteiger partial charge is 0.438 e. The number of hydrogen-bond donors (Lipinski definition) is 0. The number of likely N-dealkylation sites (tertiary alicyclic amines) is 1. The van der Waals surface area contributed by atoms with Crippen LogP contribution in [0.3, 0.4) is 0 Å². The van der Waals surface area contributed by atoms with E-state index in [-0.39, 0.29) is 17.6 Å². The molecule has 140 valence electrons. The monoisotopic (exact) mass is 366 g/mol. The third-order valence-corrected chi connectivity index (χ3v) is 4.89. The van der Waals surface area contributed by atoms with E-state index < -0.39 is 11.7 Å². The highest BCUT2D eigenvalue weighted by Crippen LogP contribution is 2.33. The van der Waals surface area contributed by atoms with Crippen LogP contribution in [-0.4, -0.2) is 28.9 Å². The molecule has 0 bridgehead atoms. The van der Waals surface area contributed by atoms with Gasteiger partial charge in [0.2, 0.25) is 5.76 Å². The van der Waals surface area contributed by atoms with Crippen molar-refractivity contribution < 1.29 is 22.4 Å². The molecule has 1 fully saturated rings. The third-order valence-electron chi connectivity index (χ3n) is 4.89. The van der Waals surface area contributed by atoms with Gasteiger partial charge in [-0.05, 0) is 50.2 Å². The van der Waals surface area contributed by atoms with Crippen molar-refractivity contribution in [2.45, 2.75) is 38.8 Å². The highest BCUT2D eigenvalue weighted by Gasteiger charge is 2.33. The Balaban J connectivity index is 1.63. The van der Waals surface area contributed by atoms with E-state index in [0.29, 0.717) is 37.2 Å². The predicted octanol–water partition coefficient (Wildman–Crippen LogP) is 4.49. The van der Waals surface area contributed by atoms with Crippen molar-refractivity contribution in [1.82, 2.24) is 9.88 Å². The molecule has 1 unspecified atom stereocenters. The fraction of sp³-hybridized carbons (Fsp3) is 0.474. The molecule has 0 radical (unpaired) electrons. The number of carbonyl (C=O) groups is 1. The van der Waals surface area contributed by atoms with E-state index in [1.54, 1.807) is 17.9 Å². The summed E-state index contributed by atoms with van der Waals surface area (Å²) in [6.45, 7) is 2.88. The second-order valence-corrected chi connectivity index (χ2v) is 6.72. The van der Waals surface area contributed by atoms with Gasteiger partial charge in [0.1, 0.15) is 0 Å².